The molecule has 1 heterocycles. The van der Waals surface area contributed by atoms with Crippen LogP contribution in [0.25, 0.3) is 16.7 Å². The van der Waals surface area contributed by atoms with Crippen LogP contribution < -0.4 is 5.56 Å². The topological polar surface area (TPSA) is 61.2 Å². The van der Waals surface area contributed by atoms with E-state index in [1.54, 1.807) is 19.1 Å². The number of carbonyl (C=O) groups excluding carboxylic acids is 1. The smallest absolute Gasteiger partial charge is 0.362 e. The third-order valence-electron chi connectivity index (χ3n) is 3.24. The van der Waals surface area contributed by atoms with E-state index in [0.29, 0.717) is 16.7 Å². The first-order valence-corrected chi connectivity index (χ1v) is 6.96. The zero-order chi connectivity index (χ0) is 15.5. The van der Waals surface area contributed by atoms with Crippen LogP contribution in [0.3, 0.4) is 0 Å². The lowest BCUT2D eigenvalue weighted by molar-refractivity contribution is 0.0517. The SMILES string of the molecule is CCOC(=O)c1nc2ccccc2n(-c2ccccc2)c1=O. The van der Waals surface area contributed by atoms with Gasteiger partial charge in [-0.05, 0) is 31.2 Å². The highest BCUT2D eigenvalue weighted by Crippen LogP contribution is 2.15. The second kappa shape index (κ2) is 5.81. The second-order valence-electron chi connectivity index (χ2n) is 4.65. The largest absolute Gasteiger partial charge is 0.461 e. The van der Waals surface area contributed by atoms with Crippen LogP contribution in [0, 0.1) is 0 Å². The highest BCUT2D eigenvalue weighted by Gasteiger charge is 2.19. The third-order valence-corrected chi connectivity index (χ3v) is 3.24. The van der Waals surface area contributed by atoms with E-state index in [1.165, 1.54) is 4.57 Å². The molecule has 0 spiro atoms. The molecule has 3 aromatic rings. The van der Waals surface area contributed by atoms with Gasteiger partial charge in [-0.25, -0.2) is 9.78 Å². The second-order valence-corrected chi connectivity index (χ2v) is 4.65. The molecule has 0 N–H and O–H groups in total. The molecule has 0 amide bonds. The molecule has 5 heteroatoms. The van der Waals surface area contributed by atoms with Crippen LogP contribution >= 0.6 is 0 Å². The molecule has 0 bridgehead atoms. The predicted molar refractivity (Wildman–Crippen MR) is 83.3 cm³/mol. The van der Waals surface area contributed by atoms with E-state index < -0.39 is 11.5 Å². The zero-order valence-corrected chi connectivity index (χ0v) is 12.0. The fraction of sp³-hybridized carbons (Fsp3) is 0.118. The highest BCUT2D eigenvalue weighted by molar-refractivity contribution is 5.90. The Morgan fingerprint density at radius 1 is 1.09 bits per heavy atom. The van der Waals surface area contributed by atoms with E-state index in [1.807, 2.05) is 42.5 Å². The van der Waals surface area contributed by atoms with Gasteiger partial charge in [0.1, 0.15) is 0 Å². The molecule has 2 aromatic carbocycles. The third kappa shape index (κ3) is 2.37. The Hall–Kier alpha value is -2.95. The average Bonchev–Trinajstić information content (AvgIpc) is 2.55. The summed E-state index contributed by atoms with van der Waals surface area (Å²) in [7, 11) is 0. The van der Waals surface area contributed by atoms with Crippen molar-refractivity contribution in [2.24, 2.45) is 0 Å². The van der Waals surface area contributed by atoms with Crippen molar-refractivity contribution in [3.8, 4) is 5.69 Å². The van der Waals surface area contributed by atoms with Gasteiger partial charge < -0.3 is 4.74 Å². The Labute approximate surface area is 126 Å². The Morgan fingerprint density at radius 3 is 2.50 bits per heavy atom. The van der Waals surface area contributed by atoms with E-state index in [-0.39, 0.29) is 12.3 Å². The number of benzene rings is 2. The number of nitrogens with zero attached hydrogens (tertiary/aromatic N) is 2. The molecule has 0 saturated carbocycles. The molecule has 0 saturated heterocycles. The van der Waals surface area contributed by atoms with Crippen LogP contribution in [0.1, 0.15) is 17.4 Å². The van der Waals surface area contributed by atoms with Crippen molar-refractivity contribution in [1.29, 1.82) is 0 Å². The summed E-state index contributed by atoms with van der Waals surface area (Å²) >= 11 is 0. The molecule has 0 aliphatic heterocycles. The van der Waals surface area contributed by atoms with E-state index in [4.69, 9.17) is 4.74 Å². The molecule has 22 heavy (non-hydrogen) atoms. The summed E-state index contributed by atoms with van der Waals surface area (Å²) in [5.74, 6) is -0.706. The quantitative estimate of drug-likeness (QED) is 0.697. The fourth-order valence-corrected chi connectivity index (χ4v) is 2.30. The molecule has 0 aliphatic carbocycles. The van der Waals surface area contributed by atoms with Crippen molar-refractivity contribution in [2.75, 3.05) is 6.61 Å². The van der Waals surface area contributed by atoms with Crippen molar-refractivity contribution < 1.29 is 9.53 Å². The van der Waals surface area contributed by atoms with Crippen molar-refractivity contribution >= 4 is 17.0 Å². The minimum atomic E-state index is -0.706. The van der Waals surface area contributed by atoms with E-state index >= 15 is 0 Å². The van der Waals surface area contributed by atoms with Crippen molar-refractivity contribution in [2.45, 2.75) is 6.92 Å². The maximum Gasteiger partial charge on any atom is 0.362 e. The van der Waals surface area contributed by atoms with Gasteiger partial charge in [0.05, 0.1) is 17.6 Å². The molecule has 0 unspecified atom stereocenters. The number of para-hydroxylation sites is 3. The van der Waals surface area contributed by atoms with Gasteiger partial charge in [-0.15, -0.1) is 0 Å². The number of esters is 1. The van der Waals surface area contributed by atoms with Crippen LogP contribution in [0.4, 0.5) is 0 Å². The van der Waals surface area contributed by atoms with Gasteiger partial charge >= 0.3 is 5.97 Å². The number of hydrogen-bond donors (Lipinski definition) is 0. The Balaban J connectivity index is 2.36. The molecular weight excluding hydrogens is 280 g/mol. The first-order chi connectivity index (χ1) is 10.7. The van der Waals surface area contributed by atoms with Crippen LogP contribution in [-0.4, -0.2) is 22.1 Å². The Bertz CT molecular complexity index is 885. The number of rotatable bonds is 3. The summed E-state index contributed by atoms with van der Waals surface area (Å²) in [6, 6.07) is 16.3. The first-order valence-electron chi connectivity index (χ1n) is 6.96. The summed E-state index contributed by atoms with van der Waals surface area (Å²) in [5.41, 5.74) is 1.20. The van der Waals surface area contributed by atoms with Crippen molar-refractivity contribution in [1.82, 2.24) is 9.55 Å². The molecule has 0 aliphatic rings. The molecule has 5 nitrogen and oxygen atoms in total. The standard InChI is InChI=1S/C17H14N2O3/c1-2-22-17(21)15-16(20)19(12-8-4-3-5-9-12)14-11-7-6-10-13(14)18-15/h3-11H,2H2,1H3. The number of carbonyl (C=O) groups is 1. The maximum absolute atomic E-state index is 12.7. The average molecular weight is 294 g/mol. The summed E-state index contributed by atoms with van der Waals surface area (Å²) < 4.78 is 6.41. The zero-order valence-electron chi connectivity index (χ0n) is 12.0. The van der Waals surface area contributed by atoms with Gasteiger partial charge in [0.2, 0.25) is 5.69 Å². The molecule has 3 rings (SSSR count). The highest BCUT2D eigenvalue weighted by atomic mass is 16.5. The number of ether oxygens (including phenoxy) is 1. The van der Waals surface area contributed by atoms with Gasteiger partial charge in [-0.2, -0.15) is 0 Å². The number of aromatic nitrogens is 2. The first kappa shape index (κ1) is 14.0. The van der Waals surface area contributed by atoms with E-state index in [0.717, 1.165) is 0 Å². The lowest BCUT2D eigenvalue weighted by atomic mass is 10.2. The van der Waals surface area contributed by atoms with Gasteiger partial charge in [-0.3, -0.25) is 9.36 Å². The monoisotopic (exact) mass is 294 g/mol. The minimum Gasteiger partial charge on any atom is -0.461 e. The number of hydrogen-bond acceptors (Lipinski definition) is 4. The normalized spacial score (nSPS) is 10.6. The Kier molecular flexibility index (Phi) is 3.70. The van der Waals surface area contributed by atoms with Crippen LogP contribution in [0.15, 0.2) is 59.4 Å². The summed E-state index contributed by atoms with van der Waals surface area (Å²) in [6.07, 6.45) is 0. The van der Waals surface area contributed by atoms with Crippen molar-refractivity contribution in [3.05, 3.63) is 70.6 Å². The van der Waals surface area contributed by atoms with E-state index in [2.05, 4.69) is 4.98 Å². The van der Waals surface area contributed by atoms with Crippen LogP contribution in [0.2, 0.25) is 0 Å². The van der Waals surface area contributed by atoms with Gasteiger partial charge in [0.25, 0.3) is 5.56 Å². The predicted octanol–water partition coefficient (Wildman–Crippen LogP) is 2.56. The van der Waals surface area contributed by atoms with E-state index in [9.17, 15) is 9.59 Å². The molecular formula is C17H14N2O3. The minimum absolute atomic E-state index is 0.193. The maximum atomic E-state index is 12.7. The summed E-state index contributed by atoms with van der Waals surface area (Å²) in [4.78, 5) is 28.9. The van der Waals surface area contributed by atoms with Gasteiger partial charge in [0.15, 0.2) is 0 Å². The van der Waals surface area contributed by atoms with Crippen LogP contribution in [0.5, 0.6) is 0 Å². The van der Waals surface area contributed by atoms with Crippen LogP contribution in [-0.2, 0) is 4.74 Å². The lowest BCUT2D eigenvalue weighted by Crippen LogP contribution is -2.28. The fourth-order valence-electron chi connectivity index (χ4n) is 2.30. The van der Waals surface area contributed by atoms with Gasteiger partial charge in [-0.1, -0.05) is 30.3 Å². The van der Waals surface area contributed by atoms with Gasteiger partial charge in [0, 0.05) is 5.69 Å². The lowest BCUT2D eigenvalue weighted by Gasteiger charge is -2.11. The van der Waals surface area contributed by atoms with Crippen molar-refractivity contribution in [3.63, 3.8) is 0 Å². The summed E-state index contributed by atoms with van der Waals surface area (Å²) in [5, 5.41) is 0. The summed E-state index contributed by atoms with van der Waals surface area (Å²) in [6.45, 7) is 1.88. The molecule has 0 radical (unpaired) electrons. The number of fused-ring (bicyclic) bond motifs is 1. The molecule has 110 valence electrons. The molecule has 1 aromatic heterocycles. The molecule has 0 fully saturated rings. The Morgan fingerprint density at radius 2 is 1.77 bits per heavy atom. The molecule has 0 atom stereocenters.